The molecular weight excluding hydrogens is 283 g/mol. The zero-order valence-electron chi connectivity index (χ0n) is 10.4. The number of amides is 1. The summed E-state index contributed by atoms with van der Waals surface area (Å²) in [5.41, 5.74) is -1.38. The molecule has 21 heavy (non-hydrogen) atoms. The fourth-order valence-corrected chi connectivity index (χ4v) is 1.68. The summed E-state index contributed by atoms with van der Waals surface area (Å²) >= 11 is 0. The second-order valence-corrected chi connectivity index (χ2v) is 4.05. The minimum Gasteiger partial charge on any atom is -0.508 e. The molecule has 0 aliphatic heterocycles. The van der Waals surface area contributed by atoms with E-state index >= 15 is 0 Å². The van der Waals surface area contributed by atoms with Gasteiger partial charge in [0.15, 0.2) is 5.69 Å². The minimum atomic E-state index is -0.995. The summed E-state index contributed by atoms with van der Waals surface area (Å²) in [6.45, 7) is 0. The van der Waals surface area contributed by atoms with Crippen LogP contribution in [0.5, 0.6) is 11.5 Å². The van der Waals surface area contributed by atoms with Crippen LogP contribution in [0.15, 0.2) is 36.4 Å². The molecule has 0 fully saturated rings. The van der Waals surface area contributed by atoms with Crippen molar-refractivity contribution in [1.82, 2.24) is 0 Å². The Balaban J connectivity index is 2.38. The van der Waals surface area contributed by atoms with Crippen LogP contribution in [0.1, 0.15) is 10.4 Å². The van der Waals surface area contributed by atoms with Crippen LogP contribution in [-0.2, 0) is 0 Å². The van der Waals surface area contributed by atoms with E-state index in [9.17, 15) is 24.4 Å². The van der Waals surface area contributed by atoms with E-state index in [2.05, 4.69) is 5.32 Å². The van der Waals surface area contributed by atoms with E-state index in [-0.39, 0.29) is 5.75 Å². The Morgan fingerprint density at radius 2 is 1.95 bits per heavy atom. The molecule has 0 unspecified atom stereocenters. The van der Waals surface area contributed by atoms with Gasteiger partial charge in [0.05, 0.1) is 10.5 Å². The van der Waals surface area contributed by atoms with Crippen molar-refractivity contribution in [3.05, 3.63) is 57.9 Å². The third-order valence-corrected chi connectivity index (χ3v) is 2.65. The molecule has 0 atom stereocenters. The SMILES string of the molecule is O=C(Nc1c(O)cccc1[N+](=O)[O-])c1ccc(O)cc1F. The van der Waals surface area contributed by atoms with Crippen LogP contribution in [0.4, 0.5) is 15.8 Å². The number of nitrogens with one attached hydrogen (secondary N) is 1. The lowest BCUT2D eigenvalue weighted by Crippen LogP contribution is -2.14. The summed E-state index contributed by atoms with van der Waals surface area (Å²) in [6, 6.07) is 6.32. The first-order chi connectivity index (χ1) is 9.90. The maximum Gasteiger partial charge on any atom is 0.296 e. The van der Waals surface area contributed by atoms with Gasteiger partial charge in [0.25, 0.3) is 11.6 Å². The van der Waals surface area contributed by atoms with E-state index in [1.807, 2.05) is 0 Å². The number of nitro benzene ring substituents is 1. The second kappa shape index (κ2) is 5.45. The van der Waals surface area contributed by atoms with Gasteiger partial charge in [-0.05, 0) is 18.2 Å². The van der Waals surface area contributed by atoms with Crippen molar-refractivity contribution in [2.75, 3.05) is 5.32 Å². The largest absolute Gasteiger partial charge is 0.508 e. The summed E-state index contributed by atoms with van der Waals surface area (Å²) in [5.74, 6) is -2.86. The number of phenols is 2. The first-order valence-electron chi connectivity index (χ1n) is 5.66. The van der Waals surface area contributed by atoms with Crippen molar-refractivity contribution in [3.63, 3.8) is 0 Å². The fraction of sp³-hybridized carbons (Fsp3) is 0. The Hall–Kier alpha value is -3.16. The maximum atomic E-state index is 13.5. The third kappa shape index (κ3) is 2.89. The number of hydrogen-bond acceptors (Lipinski definition) is 5. The molecule has 7 nitrogen and oxygen atoms in total. The van der Waals surface area contributed by atoms with Gasteiger partial charge in [-0.15, -0.1) is 0 Å². The number of hydrogen-bond donors (Lipinski definition) is 3. The highest BCUT2D eigenvalue weighted by Crippen LogP contribution is 2.33. The molecule has 2 aromatic rings. The number of carbonyl (C=O) groups is 1. The first-order valence-corrected chi connectivity index (χ1v) is 5.66. The number of carbonyl (C=O) groups excluding carboxylic acids is 1. The number of halogens is 1. The van der Waals surface area contributed by atoms with Crippen LogP contribution < -0.4 is 5.32 Å². The minimum absolute atomic E-state index is 0.363. The molecule has 0 spiro atoms. The number of nitrogens with zero attached hydrogens (tertiary/aromatic N) is 1. The van der Waals surface area contributed by atoms with Crippen LogP contribution in [0.3, 0.4) is 0 Å². The molecule has 8 heteroatoms. The first kappa shape index (κ1) is 14.3. The van der Waals surface area contributed by atoms with Crippen LogP contribution in [0, 0.1) is 15.9 Å². The fourth-order valence-electron chi connectivity index (χ4n) is 1.68. The van der Waals surface area contributed by atoms with Crippen LogP contribution in [-0.4, -0.2) is 21.0 Å². The van der Waals surface area contributed by atoms with E-state index in [1.54, 1.807) is 0 Å². The number of aromatic hydroxyl groups is 2. The summed E-state index contributed by atoms with van der Waals surface area (Å²) < 4.78 is 13.5. The Labute approximate surface area is 117 Å². The van der Waals surface area contributed by atoms with Gasteiger partial charge in [-0.2, -0.15) is 0 Å². The van der Waals surface area contributed by atoms with Crippen molar-refractivity contribution in [2.45, 2.75) is 0 Å². The van der Waals surface area contributed by atoms with Gasteiger partial charge in [-0.1, -0.05) is 6.07 Å². The highest BCUT2D eigenvalue weighted by molar-refractivity contribution is 6.06. The highest BCUT2D eigenvalue weighted by Gasteiger charge is 2.21. The molecule has 0 aromatic heterocycles. The molecule has 0 aliphatic carbocycles. The average molecular weight is 292 g/mol. The molecule has 2 rings (SSSR count). The molecular formula is C13H9FN2O5. The topological polar surface area (TPSA) is 113 Å². The second-order valence-electron chi connectivity index (χ2n) is 4.05. The smallest absolute Gasteiger partial charge is 0.296 e. The van der Waals surface area contributed by atoms with Gasteiger partial charge in [-0.25, -0.2) is 4.39 Å². The quantitative estimate of drug-likeness (QED) is 0.456. The molecule has 0 aliphatic rings. The zero-order chi connectivity index (χ0) is 15.6. The van der Waals surface area contributed by atoms with Gasteiger partial charge in [0.2, 0.25) is 0 Å². The lowest BCUT2D eigenvalue weighted by atomic mass is 10.1. The van der Waals surface area contributed by atoms with E-state index in [0.717, 1.165) is 30.3 Å². The Bertz CT molecular complexity index is 732. The molecule has 0 saturated heterocycles. The normalized spacial score (nSPS) is 10.1. The summed E-state index contributed by atoms with van der Waals surface area (Å²) in [7, 11) is 0. The predicted molar refractivity (Wildman–Crippen MR) is 70.8 cm³/mol. The lowest BCUT2D eigenvalue weighted by molar-refractivity contribution is -0.384. The van der Waals surface area contributed by atoms with E-state index in [0.29, 0.717) is 0 Å². The summed E-state index contributed by atoms with van der Waals surface area (Å²) in [5, 5.41) is 31.6. The number of nitro groups is 1. The molecule has 3 N–H and O–H groups in total. The van der Waals surface area contributed by atoms with Gasteiger partial charge in [0, 0.05) is 12.1 Å². The maximum absolute atomic E-state index is 13.5. The van der Waals surface area contributed by atoms with Gasteiger partial charge in [-0.3, -0.25) is 14.9 Å². The summed E-state index contributed by atoms with van der Waals surface area (Å²) in [4.78, 5) is 22.0. The van der Waals surface area contributed by atoms with E-state index in [4.69, 9.17) is 5.11 Å². The van der Waals surface area contributed by atoms with Crippen molar-refractivity contribution in [3.8, 4) is 11.5 Å². The number of rotatable bonds is 3. The summed E-state index contributed by atoms with van der Waals surface area (Å²) in [6.07, 6.45) is 0. The average Bonchev–Trinajstić information content (AvgIpc) is 2.40. The van der Waals surface area contributed by atoms with E-state index in [1.165, 1.54) is 6.07 Å². The molecule has 0 bridgehead atoms. The molecule has 1 amide bonds. The van der Waals surface area contributed by atoms with Crippen molar-refractivity contribution >= 4 is 17.3 Å². The monoisotopic (exact) mass is 292 g/mol. The van der Waals surface area contributed by atoms with Gasteiger partial charge in [0.1, 0.15) is 17.3 Å². The number of phenolic OH excluding ortho intramolecular Hbond substituents is 2. The molecule has 108 valence electrons. The van der Waals surface area contributed by atoms with Crippen LogP contribution in [0.2, 0.25) is 0 Å². The van der Waals surface area contributed by atoms with Crippen molar-refractivity contribution < 1.29 is 24.3 Å². The molecule has 0 radical (unpaired) electrons. The number of benzene rings is 2. The van der Waals surface area contributed by atoms with Crippen molar-refractivity contribution in [1.29, 1.82) is 0 Å². The molecule has 2 aromatic carbocycles. The van der Waals surface area contributed by atoms with E-state index < -0.39 is 39.3 Å². The number of anilines is 1. The van der Waals surface area contributed by atoms with Gasteiger partial charge < -0.3 is 15.5 Å². The van der Waals surface area contributed by atoms with Gasteiger partial charge >= 0.3 is 0 Å². The Morgan fingerprint density at radius 1 is 1.24 bits per heavy atom. The third-order valence-electron chi connectivity index (χ3n) is 2.65. The van der Waals surface area contributed by atoms with Crippen molar-refractivity contribution in [2.24, 2.45) is 0 Å². The van der Waals surface area contributed by atoms with Crippen LogP contribution in [0.25, 0.3) is 0 Å². The molecule has 0 saturated carbocycles. The highest BCUT2D eigenvalue weighted by atomic mass is 19.1. The molecule has 0 heterocycles. The lowest BCUT2D eigenvalue weighted by Gasteiger charge is -2.08. The Morgan fingerprint density at radius 3 is 2.57 bits per heavy atom. The van der Waals surface area contributed by atoms with Crippen LogP contribution >= 0.6 is 0 Å². The standard InChI is InChI=1S/C13H9FN2O5/c14-9-6-7(17)4-5-8(9)13(19)15-12-10(16(20)21)2-1-3-11(12)18/h1-6,17-18H,(H,15,19). The predicted octanol–water partition coefficient (Wildman–Crippen LogP) is 2.40. The Kier molecular flexibility index (Phi) is 3.70. The number of para-hydroxylation sites is 1. The zero-order valence-corrected chi connectivity index (χ0v) is 10.4.